The van der Waals surface area contributed by atoms with E-state index in [2.05, 4.69) is 10.3 Å². The van der Waals surface area contributed by atoms with Crippen molar-refractivity contribution >= 4 is 34.1 Å². The lowest BCUT2D eigenvalue weighted by Gasteiger charge is -2.13. The van der Waals surface area contributed by atoms with Gasteiger partial charge in [-0.15, -0.1) is 11.3 Å². The topological polar surface area (TPSA) is 68.3 Å². The number of fused-ring (bicyclic) bond motifs is 1. The normalized spacial score (nSPS) is 11.8. The number of carbonyl (C=O) groups is 2. The van der Waals surface area contributed by atoms with Gasteiger partial charge in [0, 0.05) is 15.8 Å². The van der Waals surface area contributed by atoms with Crippen LogP contribution in [0.5, 0.6) is 0 Å². The Balaban J connectivity index is 1.53. The van der Waals surface area contributed by atoms with E-state index in [1.807, 2.05) is 79.0 Å². The molecule has 1 amide bonds. The van der Waals surface area contributed by atoms with Crippen LogP contribution in [0.25, 0.3) is 22.2 Å². The Labute approximate surface area is 178 Å². The largest absolute Gasteiger partial charge is 0.452 e. The fraction of sp³-hybridized carbons (Fsp3) is 0.125. The van der Waals surface area contributed by atoms with Gasteiger partial charge in [0.1, 0.15) is 0 Å². The van der Waals surface area contributed by atoms with Crippen molar-refractivity contribution in [3.8, 4) is 11.3 Å². The van der Waals surface area contributed by atoms with Crippen LogP contribution in [0.2, 0.25) is 0 Å². The lowest BCUT2D eigenvalue weighted by Crippen LogP contribution is -2.30. The van der Waals surface area contributed by atoms with Crippen LogP contribution < -0.4 is 5.32 Å². The van der Waals surface area contributed by atoms with Gasteiger partial charge in [-0.1, -0.05) is 54.6 Å². The van der Waals surface area contributed by atoms with Gasteiger partial charge in [-0.3, -0.25) is 4.79 Å². The number of aromatic nitrogens is 1. The van der Waals surface area contributed by atoms with Gasteiger partial charge in [0.2, 0.25) is 0 Å². The average Bonchev–Trinajstić information content (AvgIpc) is 3.32. The summed E-state index contributed by atoms with van der Waals surface area (Å²) in [5.41, 5.74) is 2.66. The summed E-state index contributed by atoms with van der Waals surface area (Å²) in [4.78, 5) is 30.8. The fourth-order valence-corrected chi connectivity index (χ4v) is 3.94. The molecule has 0 saturated carbocycles. The van der Waals surface area contributed by atoms with E-state index in [-0.39, 0.29) is 18.6 Å². The molecular weight excluding hydrogens is 396 g/mol. The molecule has 0 aliphatic carbocycles. The molecule has 0 bridgehead atoms. The molecule has 4 rings (SSSR count). The lowest BCUT2D eigenvalue weighted by molar-refractivity contribution is -0.124. The number of hydrogen-bond donors (Lipinski definition) is 1. The standard InChI is InChI=1S/C24H20N2O3S/c1-16(22-12-7-13-30-22)25-23(27)15-29-24(28)19-14-21(17-8-3-2-4-9-17)26-20-11-6-5-10-18(19)20/h2-14,16H,15H2,1H3,(H,25,27)/t16-/m0/s1. The fourth-order valence-electron chi connectivity index (χ4n) is 3.20. The third-order valence-electron chi connectivity index (χ3n) is 4.69. The van der Waals surface area contributed by atoms with E-state index in [9.17, 15) is 9.59 Å². The third-order valence-corrected chi connectivity index (χ3v) is 5.74. The Kier molecular flexibility index (Phi) is 5.86. The van der Waals surface area contributed by atoms with E-state index in [0.29, 0.717) is 22.2 Å². The van der Waals surface area contributed by atoms with E-state index in [0.717, 1.165) is 10.4 Å². The number of nitrogens with one attached hydrogen (secondary N) is 1. The average molecular weight is 417 g/mol. The van der Waals surface area contributed by atoms with Gasteiger partial charge in [0.15, 0.2) is 6.61 Å². The molecule has 2 aromatic carbocycles. The Morgan fingerprint density at radius 1 is 1.03 bits per heavy atom. The first-order valence-electron chi connectivity index (χ1n) is 9.57. The molecule has 0 unspecified atom stereocenters. The molecule has 4 aromatic rings. The van der Waals surface area contributed by atoms with Crippen LogP contribution in [0.4, 0.5) is 0 Å². The molecule has 6 heteroatoms. The number of hydrogen-bond acceptors (Lipinski definition) is 5. The van der Waals surface area contributed by atoms with Crippen molar-refractivity contribution in [2.75, 3.05) is 6.61 Å². The van der Waals surface area contributed by atoms with E-state index < -0.39 is 5.97 Å². The Morgan fingerprint density at radius 2 is 1.80 bits per heavy atom. The predicted octanol–water partition coefficient (Wildman–Crippen LogP) is 5.00. The van der Waals surface area contributed by atoms with E-state index >= 15 is 0 Å². The van der Waals surface area contributed by atoms with Gasteiger partial charge in [0.05, 0.1) is 22.8 Å². The number of pyridine rings is 1. The highest BCUT2D eigenvalue weighted by molar-refractivity contribution is 7.10. The minimum atomic E-state index is -0.551. The first-order chi connectivity index (χ1) is 14.6. The Hall–Kier alpha value is -3.51. The lowest BCUT2D eigenvalue weighted by atomic mass is 10.0. The third kappa shape index (κ3) is 4.39. The van der Waals surface area contributed by atoms with Crippen LogP contribution in [0, 0.1) is 0 Å². The van der Waals surface area contributed by atoms with Gasteiger partial charge in [-0.05, 0) is 30.5 Å². The SMILES string of the molecule is C[C@H](NC(=O)COC(=O)c1cc(-c2ccccc2)nc2ccccc12)c1cccs1. The number of nitrogens with zero attached hydrogens (tertiary/aromatic N) is 1. The molecule has 30 heavy (non-hydrogen) atoms. The second-order valence-electron chi connectivity index (χ2n) is 6.82. The molecule has 2 aromatic heterocycles. The summed E-state index contributed by atoms with van der Waals surface area (Å²) in [6, 6.07) is 22.5. The summed E-state index contributed by atoms with van der Waals surface area (Å²) in [6.07, 6.45) is 0. The smallest absolute Gasteiger partial charge is 0.339 e. The second-order valence-corrected chi connectivity index (χ2v) is 7.80. The van der Waals surface area contributed by atoms with Crippen molar-refractivity contribution in [2.45, 2.75) is 13.0 Å². The summed E-state index contributed by atoms with van der Waals surface area (Å²) < 4.78 is 5.33. The zero-order chi connectivity index (χ0) is 20.9. The van der Waals surface area contributed by atoms with Gasteiger partial charge in [-0.25, -0.2) is 9.78 Å². The van der Waals surface area contributed by atoms with Gasteiger partial charge in [-0.2, -0.15) is 0 Å². The highest BCUT2D eigenvalue weighted by Gasteiger charge is 2.17. The van der Waals surface area contributed by atoms with E-state index in [1.54, 1.807) is 17.4 Å². The molecule has 0 spiro atoms. The molecule has 0 radical (unpaired) electrons. The maximum atomic E-state index is 12.8. The van der Waals surface area contributed by atoms with E-state index in [4.69, 9.17) is 4.74 Å². The zero-order valence-electron chi connectivity index (χ0n) is 16.4. The molecule has 0 fully saturated rings. The van der Waals surface area contributed by atoms with Crippen LogP contribution >= 0.6 is 11.3 Å². The minimum absolute atomic E-state index is 0.136. The number of esters is 1. The summed E-state index contributed by atoms with van der Waals surface area (Å²) in [7, 11) is 0. The monoisotopic (exact) mass is 416 g/mol. The number of rotatable bonds is 6. The highest BCUT2D eigenvalue weighted by Crippen LogP contribution is 2.25. The molecule has 0 aliphatic heterocycles. The van der Waals surface area contributed by atoms with Gasteiger partial charge in [0.25, 0.3) is 5.91 Å². The second kappa shape index (κ2) is 8.88. The van der Waals surface area contributed by atoms with Crippen LogP contribution in [0.3, 0.4) is 0 Å². The molecule has 2 heterocycles. The first kappa shape index (κ1) is 19.8. The zero-order valence-corrected chi connectivity index (χ0v) is 17.2. The molecular formula is C24H20N2O3S. The number of amides is 1. The van der Waals surface area contributed by atoms with E-state index in [1.165, 1.54) is 0 Å². The molecule has 1 atom stereocenters. The van der Waals surface area contributed by atoms with Crippen LogP contribution in [-0.4, -0.2) is 23.5 Å². The molecule has 5 nitrogen and oxygen atoms in total. The number of para-hydroxylation sites is 1. The van der Waals surface area contributed by atoms with Crippen molar-refractivity contribution in [1.82, 2.24) is 10.3 Å². The number of benzene rings is 2. The predicted molar refractivity (Wildman–Crippen MR) is 118 cm³/mol. The molecule has 1 N–H and O–H groups in total. The van der Waals surface area contributed by atoms with Gasteiger partial charge >= 0.3 is 5.97 Å². The van der Waals surface area contributed by atoms with Crippen molar-refractivity contribution in [3.05, 3.63) is 88.6 Å². The van der Waals surface area contributed by atoms with Gasteiger partial charge < -0.3 is 10.1 Å². The van der Waals surface area contributed by atoms with Crippen LogP contribution in [0.15, 0.2) is 78.2 Å². The van der Waals surface area contributed by atoms with Crippen LogP contribution in [-0.2, 0) is 9.53 Å². The minimum Gasteiger partial charge on any atom is -0.452 e. The maximum absolute atomic E-state index is 12.8. The van der Waals surface area contributed by atoms with Crippen molar-refractivity contribution in [3.63, 3.8) is 0 Å². The molecule has 150 valence electrons. The highest BCUT2D eigenvalue weighted by atomic mass is 32.1. The summed E-state index contributed by atoms with van der Waals surface area (Å²) >= 11 is 1.57. The number of ether oxygens (including phenoxy) is 1. The Bertz CT molecular complexity index is 1170. The summed E-state index contributed by atoms with van der Waals surface area (Å²) in [5.74, 6) is -0.893. The first-order valence-corrected chi connectivity index (χ1v) is 10.4. The summed E-state index contributed by atoms with van der Waals surface area (Å²) in [6.45, 7) is 1.56. The molecule has 0 aliphatic rings. The van der Waals surface area contributed by atoms with Crippen molar-refractivity contribution < 1.29 is 14.3 Å². The van der Waals surface area contributed by atoms with Crippen molar-refractivity contribution in [2.24, 2.45) is 0 Å². The van der Waals surface area contributed by atoms with Crippen molar-refractivity contribution in [1.29, 1.82) is 0 Å². The maximum Gasteiger partial charge on any atom is 0.339 e. The van der Waals surface area contributed by atoms with Crippen LogP contribution in [0.1, 0.15) is 28.2 Å². The summed E-state index contributed by atoms with van der Waals surface area (Å²) in [5, 5.41) is 5.49. The number of carbonyl (C=O) groups excluding carboxylic acids is 2. The molecule has 0 saturated heterocycles. The number of thiophene rings is 1. The quantitative estimate of drug-likeness (QED) is 0.449. The Morgan fingerprint density at radius 3 is 2.57 bits per heavy atom.